The molecule has 1 N–H and O–H groups in total. The Morgan fingerprint density at radius 2 is 0.966 bits per heavy atom. The highest BCUT2D eigenvalue weighted by Crippen LogP contribution is 2.12. The summed E-state index contributed by atoms with van der Waals surface area (Å²) in [7, 11) is 5.50. The predicted octanol–water partition coefficient (Wildman–Crippen LogP) is 13.1. The van der Waals surface area contributed by atoms with E-state index < -0.39 is 18.1 Å². The SMILES string of the molecule is CCCCC/C=C/C/C=C/C/C=C/C/C=C/CCCC(=O)OC(COCCC(C(=O)O)[N+](C)(C)C)COC(=O)CCCCCCC/C=C/C=C/CCCCCCCCC. The summed E-state index contributed by atoms with van der Waals surface area (Å²) in [5, 5.41) is 9.63. The van der Waals surface area contributed by atoms with Gasteiger partial charge in [-0.05, 0) is 77.0 Å². The van der Waals surface area contributed by atoms with E-state index in [1.165, 1.54) is 77.0 Å². The molecule has 338 valence electrons. The molecule has 2 unspecified atom stereocenters. The Morgan fingerprint density at radius 1 is 0.525 bits per heavy atom. The number of carboxylic acids is 1. The van der Waals surface area contributed by atoms with Gasteiger partial charge in [-0.2, -0.15) is 0 Å². The van der Waals surface area contributed by atoms with Crippen molar-refractivity contribution in [1.82, 2.24) is 0 Å². The molecule has 2 atom stereocenters. The Kier molecular flexibility index (Phi) is 39.2. The van der Waals surface area contributed by atoms with Crippen LogP contribution >= 0.6 is 0 Å². The Morgan fingerprint density at radius 3 is 1.51 bits per heavy atom. The summed E-state index contributed by atoms with van der Waals surface area (Å²) in [4.78, 5) is 37.0. The van der Waals surface area contributed by atoms with Crippen LogP contribution in [0.3, 0.4) is 0 Å². The first kappa shape index (κ1) is 55.8. The van der Waals surface area contributed by atoms with Crippen molar-refractivity contribution >= 4 is 17.9 Å². The lowest BCUT2D eigenvalue weighted by Gasteiger charge is -2.31. The monoisotopic (exact) mass is 827 g/mol. The topological polar surface area (TPSA) is 99.1 Å². The highest BCUT2D eigenvalue weighted by atomic mass is 16.6. The average Bonchev–Trinajstić information content (AvgIpc) is 3.19. The van der Waals surface area contributed by atoms with Crippen LogP contribution < -0.4 is 0 Å². The maximum Gasteiger partial charge on any atom is 0.362 e. The molecule has 0 radical (unpaired) electrons. The van der Waals surface area contributed by atoms with Gasteiger partial charge in [0.25, 0.3) is 0 Å². The fourth-order valence-corrected chi connectivity index (χ4v) is 6.43. The van der Waals surface area contributed by atoms with E-state index in [9.17, 15) is 19.5 Å². The number of quaternary nitrogens is 1. The van der Waals surface area contributed by atoms with E-state index in [4.69, 9.17) is 14.2 Å². The van der Waals surface area contributed by atoms with Crippen molar-refractivity contribution in [2.75, 3.05) is 41.0 Å². The average molecular weight is 827 g/mol. The van der Waals surface area contributed by atoms with Crippen molar-refractivity contribution in [3.63, 3.8) is 0 Å². The van der Waals surface area contributed by atoms with Crippen LogP contribution in [0.5, 0.6) is 0 Å². The molecule has 0 amide bonds. The van der Waals surface area contributed by atoms with Crippen LogP contribution in [0.1, 0.15) is 181 Å². The number of hydrogen-bond acceptors (Lipinski definition) is 6. The number of rotatable bonds is 41. The lowest BCUT2D eigenvalue weighted by molar-refractivity contribution is -0.887. The summed E-state index contributed by atoms with van der Waals surface area (Å²) in [5.74, 6) is -1.57. The normalized spacial score (nSPS) is 13.6. The van der Waals surface area contributed by atoms with Gasteiger partial charge >= 0.3 is 17.9 Å². The molecular formula is C51H88NO7+. The minimum Gasteiger partial charge on any atom is -0.477 e. The number of carbonyl (C=O) groups excluding carboxylic acids is 2. The first-order chi connectivity index (χ1) is 28.6. The summed E-state index contributed by atoms with van der Waals surface area (Å²) in [6.07, 6.45) is 52.4. The fourth-order valence-electron chi connectivity index (χ4n) is 6.43. The quantitative estimate of drug-likeness (QED) is 0.0215. The highest BCUT2D eigenvalue weighted by Gasteiger charge is 2.31. The Bertz CT molecular complexity index is 1190. The summed E-state index contributed by atoms with van der Waals surface area (Å²) in [5.41, 5.74) is 0. The van der Waals surface area contributed by atoms with Gasteiger partial charge in [-0.25, -0.2) is 4.79 Å². The highest BCUT2D eigenvalue weighted by molar-refractivity contribution is 5.72. The number of likely N-dealkylation sites (N-methyl/N-ethyl adjacent to an activating group) is 1. The van der Waals surface area contributed by atoms with E-state index in [2.05, 4.69) is 86.8 Å². The van der Waals surface area contributed by atoms with Gasteiger partial charge in [0.2, 0.25) is 0 Å². The molecule has 0 fully saturated rings. The molecule has 8 nitrogen and oxygen atoms in total. The van der Waals surface area contributed by atoms with Gasteiger partial charge in [0, 0.05) is 19.3 Å². The number of hydrogen-bond donors (Lipinski definition) is 1. The van der Waals surface area contributed by atoms with E-state index in [0.717, 1.165) is 64.2 Å². The fraction of sp³-hybridized carbons (Fsp3) is 0.706. The van der Waals surface area contributed by atoms with Gasteiger partial charge in [0.05, 0.1) is 34.4 Å². The molecule has 0 rings (SSSR count). The molecule has 0 bridgehead atoms. The molecular weight excluding hydrogens is 739 g/mol. The van der Waals surface area contributed by atoms with Crippen LogP contribution in [0.15, 0.2) is 72.9 Å². The van der Waals surface area contributed by atoms with Crippen LogP contribution in [0, 0.1) is 0 Å². The number of nitrogens with zero attached hydrogens (tertiary/aromatic N) is 1. The number of unbranched alkanes of at least 4 members (excludes halogenated alkanes) is 16. The van der Waals surface area contributed by atoms with Crippen molar-refractivity contribution in [3.05, 3.63) is 72.9 Å². The minimum atomic E-state index is -0.888. The Hall–Kier alpha value is -3.23. The van der Waals surface area contributed by atoms with E-state index in [1.54, 1.807) is 0 Å². The predicted molar refractivity (Wildman–Crippen MR) is 247 cm³/mol. The van der Waals surface area contributed by atoms with Crippen LogP contribution in [0.4, 0.5) is 0 Å². The number of aliphatic carboxylic acids is 1. The van der Waals surface area contributed by atoms with Crippen molar-refractivity contribution < 1.29 is 38.2 Å². The number of carboxylic acid groups (broad SMARTS) is 1. The minimum absolute atomic E-state index is 0.0309. The number of allylic oxidation sites excluding steroid dienone is 12. The molecule has 0 aliphatic heterocycles. The van der Waals surface area contributed by atoms with E-state index >= 15 is 0 Å². The standard InChI is InChI=1S/C51H87NO7/c1-6-8-10-12-14-16-18-20-22-24-26-27-29-31-33-35-37-39-41-49(53)58-46-47(45-57-44-43-48(51(55)56)52(3,4)5)59-50(54)42-40-38-36-34-32-30-28-25-23-21-19-17-15-13-11-9-7-2/h15,17,21-24,26-28,30,34,36,47-48H,6-14,16,18-20,25,29,31-33,35,37-46H2,1-5H3/p+1/b17-15+,23-21+,24-22+,27-26+,30-28+,36-34+. The zero-order valence-electron chi connectivity index (χ0n) is 38.4. The lowest BCUT2D eigenvalue weighted by atomic mass is 10.1. The lowest BCUT2D eigenvalue weighted by Crippen LogP contribution is -2.50. The first-order valence-corrected chi connectivity index (χ1v) is 23.5. The molecule has 0 heterocycles. The number of esters is 2. The Balaban J connectivity index is 4.44. The van der Waals surface area contributed by atoms with Gasteiger partial charge in [-0.3, -0.25) is 9.59 Å². The van der Waals surface area contributed by atoms with Gasteiger partial charge in [-0.15, -0.1) is 0 Å². The van der Waals surface area contributed by atoms with Gasteiger partial charge < -0.3 is 23.8 Å². The smallest absolute Gasteiger partial charge is 0.362 e. The molecule has 0 aromatic rings. The van der Waals surface area contributed by atoms with Gasteiger partial charge in [-0.1, -0.05) is 157 Å². The van der Waals surface area contributed by atoms with E-state index in [-0.39, 0.29) is 42.7 Å². The number of ether oxygens (including phenoxy) is 3. The zero-order chi connectivity index (χ0) is 43.5. The summed E-state index contributed by atoms with van der Waals surface area (Å²) in [6, 6.07) is -0.630. The number of carbonyl (C=O) groups is 3. The molecule has 0 aliphatic carbocycles. The largest absolute Gasteiger partial charge is 0.477 e. The molecule has 59 heavy (non-hydrogen) atoms. The van der Waals surface area contributed by atoms with Crippen LogP contribution in [-0.4, -0.2) is 80.6 Å². The third-order valence-electron chi connectivity index (χ3n) is 10.1. The van der Waals surface area contributed by atoms with Crippen molar-refractivity contribution in [3.8, 4) is 0 Å². The molecule has 0 spiro atoms. The van der Waals surface area contributed by atoms with Gasteiger partial charge in [0.15, 0.2) is 12.1 Å². The van der Waals surface area contributed by atoms with Crippen molar-refractivity contribution in [2.24, 2.45) is 0 Å². The Labute approximate surface area is 361 Å². The molecule has 0 aliphatic rings. The van der Waals surface area contributed by atoms with Crippen molar-refractivity contribution in [2.45, 2.75) is 193 Å². The maximum absolute atomic E-state index is 12.7. The second kappa shape index (κ2) is 41.5. The molecule has 0 aromatic heterocycles. The summed E-state index contributed by atoms with van der Waals surface area (Å²) < 4.78 is 17.2. The first-order valence-electron chi connectivity index (χ1n) is 23.5. The van der Waals surface area contributed by atoms with E-state index in [1.807, 2.05) is 21.1 Å². The molecule has 8 heteroatoms. The van der Waals surface area contributed by atoms with Gasteiger partial charge in [0.1, 0.15) is 6.61 Å². The molecule has 0 saturated heterocycles. The molecule has 0 saturated carbocycles. The zero-order valence-corrected chi connectivity index (χ0v) is 38.4. The maximum atomic E-state index is 12.7. The van der Waals surface area contributed by atoms with Crippen LogP contribution in [0.2, 0.25) is 0 Å². The summed E-state index contributed by atoms with van der Waals surface area (Å²) in [6.45, 7) is 4.62. The van der Waals surface area contributed by atoms with E-state index in [0.29, 0.717) is 19.3 Å². The van der Waals surface area contributed by atoms with Crippen LogP contribution in [-0.2, 0) is 28.6 Å². The summed E-state index contributed by atoms with van der Waals surface area (Å²) >= 11 is 0. The third kappa shape index (κ3) is 40.0. The third-order valence-corrected chi connectivity index (χ3v) is 10.1. The second-order valence-corrected chi connectivity index (χ2v) is 16.7. The molecule has 0 aromatic carbocycles. The second-order valence-electron chi connectivity index (χ2n) is 16.7. The van der Waals surface area contributed by atoms with Crippen LogP contribution in [0.25, 0.3) is 0 Å². The van der Waals surface area contributed by atoms with Crippen molar-refractivity contribution in [1.29, 1.82) is 0 Å².